The molecule has 1 aromatic rings. The zero-order chi connectivity index (χ0) is 12.5. The van der Waals surface area contributed by atoms with Crippen LogP contribution >= 0.6 is 11.8 Å². The van der Waals surface area contributed by atoms with E-state index >= 15 is 0 Å². The van der Waals surface area contributed by atoms with E-state index in [0.717, 1.165) is 6.54 Å². The maximum Gasteiger partial charge on any atom is 0.0208 e. The quantitative estimate of drug-likeness (QED) is 0.540. The first-order valence-corrected chi connectivity index (χ1v) is 7.66. The monoisotopic (exact) mass is 251 g/mol. The van der Waals surface area contributed by atoms with Crippen LogP contribution < -0.4 is 5.32 Å². The molecule has 1 nitrogen and oxygen atoms in total. The summed E-state index contributed by atoms with van der Waals surface area (Å²) < 4.78 is 0. The molecule has 0 aliphatic heterocycles. The molecule has 0 amide bonds. The number of benzene rings is 1. The van der Waals surface area contributed by atoms with Crippen LogP contribution in [0, 0.1) is 0 Å². The van der Waals surface area contributed by atoms with Crippen LogP contribution in [0.1, 0.15) is 45.6 Å². The lowest BCUT2D eigenvalue weighted by atomic mass is 10.2. The van der Waals surface area contributed by atoms with E-state index in [1.54, 1.807) is 0 Å². The van der Waals surface area contributed by atoms with Gasteiger partial charge in [-0.3, -0.25) is 0 Å². The fourth-order valence-corrected chi connectivity index (χ4v) is 2.60. The van der Waals surface area contributed by atoms with Gasteiger partial charge in [-0.05, 0) is 29.9 Å². The van der Waals surface area contributed by atoms with Crippen LogP contribution in [-0.2, 0) is 6.54 Å². The zero-order valence-electron chi connectivity index (χ0n) is 11.3. The highest BCUT2D eigenvalue weighted by Crippen LogP contribution is 2.20. The highest BCUT2D eigenvalue weighted by Gasteiger charge is 1.98. The lowest BCUT2D eigenvalue weighted by Crippen LogP contribution is -2.21. The van der Waals surface area contributed by atoms with Crippen molar-refractivity contribution in [1.29, 1.82) is 0 Å². The predicted molar refractivity (Wildman–Crippen MR) is 78.7 cm³/mol. The molecule has 0 heterocycles. The van der Waals surface area contributed by atoms with Crippen molar-refractivity contribution in [3.8, 4) is 0 Å². The lowest BCUT2D eigenvalue weighted by Gasteiger charge is -2.09. The van der Waals surface area contributed by atoms with E-state index in [1.807, 2.05) is 11.8 Å². The van der Waals surface area contributed by atoms with E-state index in [2.05, 4.69) is 50.4 Å². The highest BCUT2D eigenvalue weighted by molar-refractivity contribution is 7.99. The molecule has 0 radical (unpaired) electrons. The van der Waals surface area contributed by atoms with Gasteiger partial charge in [0, 0.05) is 17.5 Å². The molecule has 0 aromatic heterocycles. The fraction of sp³-hybridized carbons (Fsp3) is 0.600. The third-order valence-electron chi connectivity index (χ3n) is 2.63. The smallest absolute Gasteiger partial charge is 0.0208 e. The third kappa shape index (κ3) is 6.75. The summed E-state index contributed by atoms with van der Waals surface area (Å²) in [5.74, 6) is 1.24. The number of thioether (sulfide) groups is 1. The van der Waals surface area contributed by atoms with Gasteiger partial charge in [-0.2, -0.15) is 0 Å². The van der Waals surface area contributed by atoms with Crippen LogP contribution in [0.25, 0.3) is 0 Å². The molecular formula is C15H25NS. The number of rotatable bonds is 8. The normalized spacial score (nSPS) is 11.1. The predicted octanol–water partition coefficient (Wildman–Crippen LogP) is 4.47. The summed E-state index contributed by atoms with van der Waals surface area (Å²) in [7, 11) is 0. The molecule has 1 aromatic carbocycles. The molecule has 0 aliphatic carbocycles. The van der Waals surface area contributed by atoms with Gasteiger partial charge in [0.05, 0.1) is 0 Å². The van der Waals surface area contributed by atoms with E-state index in [4.69, 9.17) is 0 Å². The Kier molecular flexibility index (Phi) is 7.38. The largest absolute Gasteiger partial charge is 0.310 e. The van der Waals surface area contributed by atoms with Crippen molar-refractivity contribution in [2.45, 2.75) is 57.5 Å². The van der Waals surface area contributed by atoms with Crippen molar-refractivity contribution in [2.75, 3.05) is 5.75 Å². The van der Waals surface area contributed by atoms with Gasteiger partial charge in [0.25, 0.3) is 0 Å². The fourth-order valence-electron chi connectivity index (χ4n) is 1.61. The Labute approximate surface area is 110 Å². The molecule has 0 fully saturated rings. The van der Waals surface area contributed by atoms with Crippen LogP contribution in [-0.4, -0.2) is 11.8 Å². The Morgan fingerprint density at radius 2 is 2.06 bits per heavy atom. The van der Waals surface area contributed by atoms with Crippen molar-refractivity contribution < 1.29 is 0 Å². The molecule has 0 aliphatic rings. The second kappa shape index (κ2) is 8.60. The average molecular weight is 251 g/mol. The zero-order valence-corrected chi connectivity index (χ0v) is 12.1. The number of nitrogens with one attached hydrogen (secondary N) is 1. The molecule has 1 rings (SSSR count). The summed E-state index contributed by atoms with van der Waals surface area (Å²) in [4.78, 5) is 1.41. The first-order chi connectivity index (χ1) is 8.22. The molecule has 0 atom stereocenters. The molecule has 2 heteroatoms. The molecule has 0 saturated heterocycles. The Balaban J connectivity index is 2.37. The molecule has 0 unspecified atom stereocenters. The molecule has 0 spiro atoms. The van der Waals surface area contributed by atoms with Gasteiger partial charge in [-0.15, -0.1) is 11.8 Å². The Bertz CT molecular complexity index is 310. The van der Waals surface area contributed by atoms with Crippen molar-refractivity contribution in [3.05, 3.63) is 29.8 Å². The van der Waals surface area contributed by atoms with Gasteiger partial charge in [-0.1, -0.05) is 45.7 Å². The Hall–Kier alpha value is -0.470. The molecular weight excluding hydrogens is 226 g/mol. The van der Waals surface area contributed by atoms with Crippen molar-refractivity contribution in [3.63, 3.8) is 0 Å². The van der Waals surface area contributed by atoms with Crippen LogP contribution in [0.15, 0.2) is 29.2 Å². The minimum Gasteiger partial charge on any atom is -0.310 e. The van der Waals surface area contributed by atoms with Gasteiger partial charge in [0.2, 0.25) is 0 Å². The second-order valence-corrected chi connectivity index (χ2v) is 5.91. The molecule has 0 saturated carbocycles. The van der Waals surface area contributed by atoms with E-state index in [9.17, 15) is 0 Å². The summed E-state index contributed by atoms with van der Waals surface area (Å²) in [6, 6.07) is 9.45. The topological polar surface area (TPSA) is 12.0 Å². The van der Waals surface area contributed by atoms with Crippen LogP contribution in [0.3, 0.4) is 0 Å². The minimum atomic E-state index is 0.552. The lowest BCUT2D eigenvalue weighted by molar-refractivity contribution is 0.588. The van der Waals surface area contributed by atoms with Crippen LogP contribution in [0.5, 0.6) is 0 Å². The Morgan fingerprint density at radius 3 is 2.76 bits per heavy atom. The van der Waals surface area contributed by atoms with Gasteiger partial charge < -0.3 is 5.32 Å². The van der Waals surface area contributed by atoms with Crippen molar-refractivity contribution in [1.82, 2.24) is 5.32 Å². The summed E-state index contributed by atoms with van der Waals surface area (Å²) >= 11 is 1.98. The van der Waals surface area contributed by atoms with E-state index in [-0.39, 0.29) is 0 Å². The van der Waals surface area contributed by atoms with Crippen molar-refractivity contribution >= 4 is 11.8 Å². The molecule has 17 heavy (non-hydrogen) atoms. The summed E-state index contributed by atoms with van der Waals surface area (Å²) in [6.45, 7) is 7.59. The van der Waals surface area contributed by atoms with Gasteiger partial charge in [0.15, 0.2) is 0 Å². The summed E-state index contributed by atoms with van der Waals surface area (Å²) in [5.41, 5.74) is 1.39. The van der Waals surface area contributed by atoms with E-state index in [1.165, 1.54) is 35.5 Å². The number of hydrogen-bond acceptors (Lipinski definition) is 2. The van der Waals surface area contributed by atoms with Crippen molar-refractivity contribution in [2.24, 2.45) is 0 Å². The molecule has 0 bridgehead atoms. The standard InChI is InChI=1S/C15H25NS/c1-4-5-6-10-17-15-9-7-8-14(11-15)12-16-13(2)3/h7-9,11,13,16H,4-6,10,12H2,1-3H3. The first-order valence-electron chi connectivity index (χ1n) is 6.67. The van der Waals surface area contributed by atoms with E-state index < -0.39 is 0 Å². The van der Waals surface area contributed by atoms with E-state index in [0.29, 0.717) is 6.04 Å². The minimum absolute atomic E-state index is 0.552. The van der Waals surface area contributed by atoms with Gasteiger partial charge >= 0.3 is 0 Å². The summed E-state index contributed by atoms with van der Waals surface area (Å²) in [6.07, 6.45) is 3.98. The maximum atomic E-state index is 3.46. The summed E-state index contributed by atoms with van der Waals surface area (Å²) in [5, 5.41) is 3.46. The van der Waals surface area contributed by atoms with Crippen LogP contribution in [0.4, 0.5) is 0 Å². The van der Waals surface area contributed by atoms with Crippen LogP contribution in [0.2, 0.25) is 0 Å². The maximum absolute atomic E-state index is 3.46. The Morgan fingerprint density at radius 1 is 1.24 bits per heavy atom. The second-order valence-electron chi connectivity index (χ2n) is 4.74. The van der Waals surface area contributed by atoms with Gasteiger partial charge in [0.1, 0.15) is 0 Å². The number of hydrogen-bond donors (Lipinski definition) is 1. The van der Waals surface area contributed by atoms with Gasteiger partial charge in [-0.25, -0.2) is 0 Å². The molecule has 96 valence electrons. The molecule has 1 N–H and O–H groups in total. The third-order valence-corrected chi connectivity index (χ3v) is 3.71. The average Bonchev–Trinajstić information content (AvgIpc) is 2.33. The number of unbranched alkanes of at least 4 members (excludes halogenated alkanes) is 2. The highest BCUT2D eigenvalue weighted by atomic mass is 32.2. The first kappa shape index (κ1) is 14.6. The SMILES string of the molecule is CCCCCSc1cccc(CNC(C)C)c1.